The van der Waals surface area contributed by atoms with Crippen molar-refractivity contribution in [3.8, 4) is 5.75 Å². The van der Waals surface area contributed by atoms with Gasteiger partial charge in [0.1, 0.15) is 11.6 Å². The molecule has 2 N–H and O–H groups in total. The van der Waals surface area contributed by atoms with Crippen molar-refractivity contribution in [2.24, 2.45) is 0 Å². The van der Waals surface area contributed by atoms with Gasteiger partial charge in [0.05, 0.1) is 23.6 Å². The Morgan fingerprint density at radius 2 is 2.08 bits per heavy atom. The summed E-state index contributed by atoms with van der Waals surface area (Å²) in [5.74, 6) is 1.91. The van der Waals surface area contributed by atoms with Crippen molar-refractivity contribution in [3.05, 3.63) is 35.0 Å². The van der Waals surface area contributed by atoms with Gasteiger partial charge in [-0.25, -0.2) is 13.4 Å². The highest BCUT2D eigenvalue weighted by Gasteiger charge is 2.28. The monoisotopic (exact) mass is 382 g/mol. The van der Waals surface area contributed by atoms with Gasteiger partial charge in [-0.2, -0.15) is 4.98 Å². The Bertz CT molecular complexity index is 889. The highest BCUT2D eigenvalue weighted by molar-refractivity contribution is 7.91. The van der Waals surface area contributed by atoms with Crippen LogP contribution in [0.2, 0.25) is 5.02 Å². The molecule has 1 fully saturated rings. The number of rotatable bonds is 5. The molecule has 1 unspecified atom stereocenters. The lowest BCUT2D eigenvalue weighted by molar-refractivity contribution is 0.415. The van der Waals surface area contributed by atoms with Gasteiger partial charge in [0.25, 0.3) is 0 Å². The number of ether oxygens (including phenoxy) is 1. The summed E-state index contributed by atoms with van der Waals surface area (Å²) in [7, 11) is -1.40. The molecule has 25 heavy (non-hydrogen) atoms. The highest BCUT2D eigenvalue weighted by Crippen LogP contribution is 2.28. The maximum absolute atomic E-state index is 11.6. The number of aryl methyl sites for hydroxylation is 1. The Balaban J connectivity index is 1.76. The molecule has 1 aromatic heterocycles. The number of methoxy groups -OCH3 is 1. The smallest absolute Gasteiger partial charge is 0.225 e. The van der Waals surface area contributed by atoms with Gasteiger partial charge in [-0.15, -0.1) is 0 Å². The molecule has 1 saturated heterocycles. The van der Waals surface area contributed by atoms with Crippen LogP contribution < -0.4 is 15.4 Å². The van der Waals surface area contributed by atoms with E-state index in [4.69, 9.17) is 16.3 Å². The molecule has 1 aliphatic rings. The normalized spacial score (nSPS) is 18.8. The molecule has 0 aliphatic carbocycles. The second-order valence-corrected chi connectivity index (χ2v) is 8.57. The number of hydrogen-bond acceptors (Lipinski definition) is 7. The molecule has 0 saturated carbocycles. The molecule has 7 nitrogen and oxygen atoms in total. The van der Waals surface area contributed by atoms with Crippen molar-refractivity contribution in [1.29, 1.82) is 0 Å². The van der Waals surface area contributed by atoms with Crippen LogP contribution >= 0.6 is 11.6 Å². The fourth-order valence-corrected chi connectivity index (χ4v) is 4.61. The maximum Gasteiger partial charge on any atom is 0.225 e. The van der Waals surface area contributed by atoms with Crippen molar-refractivity contribution in [2.75, 3.05) is 29.2 Å². The molecule has 134 valence electrons. The maximum atomic E-state index is 11.6. The van der Waals surface area contributed by atoms with E-state index in [2.05, 4.69) is 20.6 Å². The Morgan fingerprint density at radius 3 is 2.72 bits per heavy atom. The Labute approximate surface area is 151 Å². The van der Waals surface area contributed by atoms with E-state index < -0.39 is 9.84 Å². The van der Waals surface area contributed by atoms with Crippen molar-refractivity contribution in [2.45, 2.75) is 19.4 Å². The van der Waals surface area contributed by atoms with E-state index in [9.17, 15) is 8.42 Å². The van der Waals surface area contributed by atoms with Crippen LogP contribution in [0.15, 0.2) is 24.3 Å². The lowest BCUT2D eigenvalue weighted by Crippen LogP contribution is -2.22. The summed E-state index contributed by atoms with van der Waals surface area (Å²) in [4.78, 5) is 8.74. The zero-order valence-electron chi connectivity index (χ0n) is 13.9. The molecular formula is C16H19ClN4O3S. The molecule has 0 radical (unpaired) electrons. The van der Waals surface area contributed by atoms with Gasteiger partial charge in [0.15, 0.2) is 9.84 Å². The molecule has 3 rings (SSSR count). The Morgan fingerprint density at radius 1 is 1.28 bits per heavy atom. The van der Waals surface area contributed by atoms with Crippen LogP contribution in [0.1, 0.15) is 12.1 Å². The molecular weight excluding hydrogens is 364 g/mol. The Kier molecular flexibility index (Phi) is 5.01. The summed E-state index contributed by atoms with van der Waals surface area (Å²) in [5, 5.41) is 6.77. The molecule has 0 spiro atoms. The number of sulfone groups is 1. The van der Waals surface area contributed by atoms with Crippen LogP contribution in [-0.2, 0) is 9.84 Å². The number of benzene rings is 1. The van der Waals surface area contributed by atoms with Crippen LogP contribution in [-0.4, -0.2) is 43.0 Å². The van der Waals surface area contributed by atoms with Gasteiger partial charge in [0, 0.05) is 23.5 Å². The standard InChI is InChI=1S/C16H19ClN4O3S/c1-10-7-15(19-11-3-4-14(24-2)13(17)8-11)21-16(18-10)20-12-5-6-25(22,23)9-12/h3-4,7-8,12H,5-6,9H2,1-2H3,(H2,18,19,20,21). The lowest BCUT2D eigenvalue weighted by Gasteiger charge is -2.13. The molecule has 9 heteroatoms. The van der Waals surface area contributed by atoms with E-state index in [0.717, 1.165) is 11.4 Å². The first-order chi connectivity index (χ1) is 11.8. The van der Waals surface area contributed by atoms with Crippen LogP contribution in [0.3, 0.4) is 0 Å². The third kappa shape index (κ3) is 4.52. The van der Waals surface area contributed by atoms with Crippen LogP contribution in [0.4, 0.5) is 17.5 Å². The molecule has 2 heterocycles. The summed E-state index contributed by atoms with van der Waals surface area (Å²) in [6, 6.07) is 6.98. The minimum atomic E-state index is -2.96. The predicted molar refractivity (Wildman–Crippen MR) is 98.7 cm³/mol. The third-order valence-corrected chi connectivity index (χ3v) is 5.91. The zero-order valence-corrected chi connectivity index (χ0v) is 15.5. The minimum Gasteiger partial charge on any atom is -0.495 e. The summed E-state index contributed by atoms with van der Waals surface area (Å²) in [6.07, 6.45) is 0.566. The number of nitrogens with zero attached hydrogens (tertiary/aromatic N) is 2. The molecule has 1 aromatic carbocycles. The summed E-state index contributed by atoms with van der Waals surface area (Å²) in [5.41, 5.74) is 1.53. The van der Waals surface area contributed by atoms with Crippen LogP contribution in [0.5, 0.6) is 5.75 Å². The summed E-state index contributed by atoms with van der Waals surface area (Å²) in [6.45, 7) is 1.85. The number of aromatic nitrogens is 2. The van der Waals surface area contributed by atoms with Gasteiger partial charge in [-0.05, 0) is 31.5 Å². The SMILES string of the molecule is COc1ccc(Nc2cc(C)nc(NC3CCS(=O)(=O)C3)n2)cc1Cl. The second kappa shape index (κ2) is 7.05. The van der Waals surface area contributed by atoms with E-state index in [1.54, 1.807) is 25.3 Å². The molecule has 0 bridgehead atoms. The fraction of sp³-hybridized carbons (Fsp3) is 0.375. The molecule has 1 atom stereocenters. The van der Waals surface area contributed by atoms with Gasteiger partial charge < -0.3 is 15.4 Å². The second-order valence-electron chi connectivity index (χ2n) is 5.94. The first kappa shape index (κ1) is 17.8. The van der Waals surface area contributed by atoms with Crippen molar-refractivity contribution < 1.29 is 13.2 Å². The number of anilines is 3. The van der Waals surface area contributed by atoms with Gasteiger partial charge in [-0.1, -0.05) is 11.6 Å². The first-order valence-electron chi connectivity index (χ1n) is 7.78. The van der Waals surface area contributed by atoms with Crippen LogP contribution in [0, 0.1) is 6.92 Å². The summed E-state index contributed by atoms with van der Waals surface area (Å²) < 4.78 is 28.3. The van der Waals surface area contributed by atoms with E-state index >= 15 is 0 Å². The first-order valence-corrected chi connectivity index (χ1v) is 9.98. The zero-order chi connectivity index (χ0) is 18.0. The van der Waals surface area contributed by atoms with E-state index in [0.29, 0.717) is 29.0 Å². The number of halogens is 1. The van der Waals surface area contributed by atoms with E-state index in [1.807, 2.05) is 13.0 Å². The molecule has 2 aromatic rings. The quantitative estimate of drug-likeness (QED) is 0.821. The van der Waals surface area contributed by atoms with Crippen molar-refractivity contribution >= 4 is 38.9 Å². The minimum absolute atomic E-state index is 0.112. The summed E-state index contributed by atoms with van der Waals surface area (Å²) >= 11 is 6.13. The van der Waals surface area contributed by atoms with Gasteiger partial charge in [0.2, 0.25) is 5.95 Å². The highest BCUT2D eigenvalue weighted by atomic mass is 35.5. The predicted octanol–water partition coefficient (Wildman–Crippen LogP) is 2.79. The topological polar surface area (TPSA) is 93.2 Å². The average molecular weight is 383 g/mol. The molecule has 0 amide bonds. The number of hydrogen-bond donors (Lipinski definition) is 2. The fourth-order valence-electron chi connectivity index (χ4n) is 2.68. The third-order valence-electron chi connectivity index (χ3n) is 3.84. The average Bonchev–Trinajstić information content (AvgIpc) is 2.85. The van der Waals surface area contributed by atoms with Gasteiger partial charge in [-0.3, -0.25) is 0 Å². The van der Waals surface area contributed by atoms with Crippen LogP contribution in [0.25, 0.3) is 0 Å². The number of nitrogens with one attached hydrogen (secondary N) is 2. The van der Waals surface area contributed by atoms with Crippen molar-refractivity contribution in [1.82, 2.24) is 9.97 Å². The van der Waals surface area contributed by atoms with Crippen molar-refractivity contribution in [3.63, 3.8) is 0 Å². The molecule has 1 aliphatic heterocycles. The van der Waals surface area contributed by atoms with E-state index in [-0.39, 0.29) is 17.5 Å². The lowest BCUT2D eigenvalue weighted by atomic mass is 10.3. The van der Waals surface area contributed by atoms with E-state index in [1.165, 1.54) is 0 Å². The Hall–Kier alpha value is -2.06. The van der Waals surface area contributed by atoms with Gasteiger partial charge >= 0.3 is 0 Å². The largest absolute Gasteiger partial charge is 0.495 e.